The van der Waals surface area contributed by atoms with Gasteiger partial charge in [0, 0.05) is 32.3 Å². The van der Waals surface area contributed by atoms with E-state index in [4.69, 9.17) is 4.74 Å². The molecule has 0 atom stereocenters. The second-order valence-corrected chi connectivity index (χ2v) is 10.9. The van der Waals surface area contributed by atoms with Crippen molar-refractivity contribution in [2.24, 2.45) is 0 Å². The van der Waals surface area contributed by atoms with Gasteiger partial charge < -0.3 is 9.64 Å². The van der Waals surface area contributed by atoms with Gasteiger partial charge in [-0.3, -0.25) is 9.69 Å². The number of carbonyl (C=O) groups is 1. The molecule has 32 heavy (non-hydrogen) atoms. The van der Waals surface area contributed by atoms with E-state index in [1.54, 1.807) is 24.1 Å². The zero-order valence-electron chi connectivity index (χ0n) is 18.9. The molecule has 0 saturated heterocycles. The van der Waals surface area contributed by atoms with E-state index in [1.165, 1.54) is 37.6 Å². The molecular weight excluding hydrogens is 448 g/mol. The maximum absolute atomic E-state index is 13.4. The Kier molecular flexibility index (Phi) is 7.50. The zero-order valence-corrected chi connectivity index (χ0v) is 20.5. The van der Waals surface area contributed by atoms with Gasteiger partial charge in [-0.2, -0.15) is 0 Å². The second-order valence-electron chi connectivity index (χ2n) is 7.76. The molecule has 0 fully saturated rings. The number of nitrogens with zero attached hydrogens (tertiary/aromatic N) is 4. The molecular formula is C22H28N4O4S2. The molecule has 1 amide bonds. The molecule has 8 nitrogen and oxygen atoms in total. The van der Waals surface area contributed by atoms with E-state index in [9.17, 15) is 13.2 Å². The summed E-state index contributed by atoms with van der Waals surface area (Å²) in [5.41, 5.74) is 1.17. The number of benzene rings is 2. The Morgan fingerprint density at radius 2 is 1.72 bits per heavy atom. The number of sulfonamides is 1. The van der Waals surface area contributed by atoms with Crippen LogP contribution in [0.4, 0.5) is 5.13 Å². The van der Waals surface area contributed by atoms with Gasteiger partial charge in [0.1, 0.15) is 5.75 Å². The van der Waals surface area contributed by atoms with E-state index in [0.717, 1.165) is 27.5 Å². The minimum atomic E-state index is -3.56. The number of aromatic nitrogens is 1. The number of rotatable bonds is 9. The summed E-state index contributed by atoms with van der Waals surface area (Å²) in [4.78, 5) is 22.0. The van der Waals surface area contributed by atoms with Crippen molar-refractivity contribution < 1.29 is 17.9 Å². The lowest BCUT2D eigenvalue weighted by atomic mass is 10.2. The lowest BCUT2D eigenvalue weighted by Gasteiger charge is -2.21. The SMILES string of the molecule is COc1ccc2sc(N(CCCN(C)C)C(=O)c3ccc(S(=O)(=O)N(C)C)cc3)nc2c1. The van der Waals surface area contributed by atoms with Crippen LogP contribution in [0.25, 0.3) is 10.2 Å². The summed E-state index contributed by atoms with van der Waals surface area (Å²) in [6, 6.07) is 11.7. The molecule has 0 spiro atoms. The van der Waals surface area contributed by atoms with Crippen LogP contribution in [0, 0.1) is 0 Å². The van der Waals surface area contributed by atoms with E-state index in [1.807, 2.05) is 32.3 Å². The van der Waals surface area contributed by atoms with Gasteiger partial charge in [-0.15, -0.1) is 0 Å². The third kappa shape index (κ3) is 5.26. The van der Waals surface area contributed by atoms with Crippen LogP contribution in [0.15, 0.2) is 47.4 Å². The molecule has 10 heteroatoms. The molecule has 0 saturated carbocycles. The van der Waals surface area contributed by atoms with Gasteiger partial charge in [0.05, 0.1) is 22.2 Å². The molecule has 1 aromatic heterocycles. The number of methoxy groups -OCH3 is 1. The third-order valence-corrected chi connectivity index (χ3v) is 7.82. The van der Waals surface area contributed by atoms with Crippen LogP contribution in [0.1, 0.15) is 16.8 Å². The van der Waals surface area contributed by atoms with Crippen molar-refractivity contribution in [3.05, 3.63) is 48.0 Å². The zero-order chi connectivity index (χ0) is 23.5. The Bertz CT molecular complexity index is 1190. The van der Waals surface area contributed by atoms with Gasteiger partial charge in [-0.1, -0.05) is 11.3 Å². The van der Waals surface area contributed by atoms with Crippen LogP contribution in [-0.2, 0) is 10.0 Å². The van der Waals surface area contributed by atoms with Crippen LogP contribution >= 0.6 is 11.3 Å². The summed E-state index contributed by atoms with van der Waals surface area (Å²) < 4.78 is 32.0. The molecule has 2 aromatic carbocycles. The topological polar surface area (TPSA) is 83.0 Å². The summed E-state index contributed by atoms with van der Waals surface area (Å²) in [6.45, 7) is 1.31. The average molecular weight is 477 g/mol. The molecule has 0 N–H and O–H groups in total. The van der Waals surface area contributed by atoms with Crippen LogP contribution < -0.4 is 9.64 Å². The number of thiazole rings is 1. The number of carbonyl (C=O) groups excluding carboxylic acids is 1. The Balaban J connectivity index is 1.94. The van der Waals surface area contributed by atoms with Crippen molar-refractivity contribution in [1.82, 2.24) is 14.2 Å². The van der Waals surface area contributed by atoms with Crippen LogP contribution in [0.5, 0.6) is 5.75 Å². The van der Waals surface area contributed by atoms with Crippen molar-refractivity contribution in [1.29, 1.82) is 0 Å². The van der Waals surface area contributed by atoms with E-state index in [2.05, 4.69) is 9.88 Å². The van der Waals surface area contributed by atoms with Gasteiger partial charge in [0.25, 0.3) is 5.91 Å². The standard InChI is InChI=1S/C22H28N4O4S2/c1-24(2)13-6-14-26(22-23-19-15-17(30-5)9-12-20(19)31-22)21(27)16-7-10-18(11-8-16)32(28,29)25(3)4/h7-12,15H,6,13-14H2,1-5H3. The fourth-order valence-corrected chi connectivity index (χ4v) is 4.97. The molecule has 0 radical (unpaired) electrons. The van der Waals surface area contributed by atoms with E-state index >= 15 is 0 Å². The maximum atomic E-state index is 13.4. The monoisotopic (exact) mass is 476 g/mol. The number of amides is 1. The van der Waals surface area contributed by atoms with Gasteiger partial charge >= 0.3 is 0 Å². The number of ether oxygens (including phenoxy) is 1. The highest BCUT2D eigenvalue weighted by Gasteiger charge is 2.23. The van der Waals surface area contributed by atoms with Crippen LogP contribution in [-0.4, -0.2) is 76.9 Å². The minimum absolute atomic E-state index is 0.144. The molecule has 1 heterocycles. The molecule has 0 aliphatic rings. The van der Waals surface area contributed by atoms with Gasteiger partial charge in [0.2, 0.25) is 10.0 Å². The van der Waals surface area contributed by atoms with E-state index < -0.39 is 10.0 Å². The quantitative estimate of drug-likeness (QED) is 0.472. The van der Waals surface area contributed by atoms with Crippen molar-refractivity contribution in [3.8, 4) is 5.75 Å². The molecule has 0 aliphatic carbocycles. The Hall–Kier alpha value is -2.53. The first-order valence-corrected chi connectivity index (χ1v) is 12.3. The van der Waals surface area contributed by atoms with Gasteiger partial charge in [0.15, 0.2) is 5.13 Å². The fourth-order valence-electron chi connectivity index (χ4n) is 3.10. The van der Waals surface area contributed by atoms with Crippen LogP contribution in [0.3, 0.4) is 0 Å². The largest absolute Gasteiger partial charge is 0.497 e. The third-order valence-electron chi connectivity index (χ3n) is 4.93. The van der Waals surface area contributed by atoms with Gasteiger partial charge in [-0.05, 0) is 63.5 Å². The number of fused-ring (bicyclic) bond motifs is 1. The maximum Gasteiger partial charge on any atom is 0.260 e. The fraction of sp³-hybridized carbons (Fsp3) is 0.364. The minimum Gasteiger partial charge on any atom is -0.497 e. The number of anilines is 1. The van der Waals surface area contributed by atoms with Crippen molar-refractivity contribution >= 4 is 42.6 Å². The average Bonchev–Trinajstić information content (AvgIpc) is 3.18. The Morgan fingerprint density at radius 1 is 1.03 bits per heavy atom. The summed E-state index contributed by atoms with van der Waals surface area (Å²) in [6.07, 6.45) is 0.769. The molecule has 3 rings (SSSR count). The highest BCUT2D eigenvalue weighted by atomic mass is 32.2. The summed E-state index contributed by atoms with van der Waals surface area (Å²) in [5, 5.41) is 0.599. The van der Waals surface area contributed by atoms with Crippen molar-refractivity contribution in [3.63, 3.8) is 0 Å². The molecule has 0 bridgehead atoms. The van der Waals surface area contributed by atoms with Crippen molar-refractivity contribution in [2.75, 3.05) is 53.3 Å². The van der Waals surface area contributed by atoms with E-state index in [-0.39, 0.29) is 10.8 Å². The molecule has 3 aromatic rings. The molecule has 172 valence electrons. The normalized spacial score (nSPS) is 12.0. The highest BCUT2D eigenvalue weighted by molar-refractivity contribution is 7.89. The molecule has 0 unspecified atom stereocenters. The first kappa shape index (κ1) is 24.1. The van der Waals surface area contributed by atoms with Crippen LogP contribution in [0.2, 0.25) is 0 Å². The number of hydrogen-bond acceptors (Lipinski definition) is 7. The van der Waals surface area contributed by atoms with Gasteiger partial charge in [-0.25, -0.2) is 17.7 Å². The Labute approximate surface area is 193 Å². The summed E-state index contributed by atoms with van der Waals surface area (Å²) in [7, 11) is 4.97. The summed E-state index contributed by atoms with van der Waals surface area (Å²) >= 11 is 1.44. The highest BCUT2D eigenvalue weighted by Crippen LogP contribution is 2.32. The van der Waals surface area contributed by atoms with Crippen molar-refractivity contribution in [2.45, 2.75) is 11.3 Å². The first-order chi connectivity index (χ1) is 15.1. The predicted octanol–water partition coefficient (Wildman–Crippen LogP) is 3.15. The first-order valence-electron chi connectivity index (χ1n) is 10.1. The van der Waals surface area contributed by atoms with E-state index in [0.29, 0.717) is 23.0 Å². The molecule has 0 aliphatic heterocycles. The smallest absolute Gasteiger partial charge is 0.260 e. The summed E-state index contributed by atoms with van der Waals surface area (Å²) in [5.74, 6) is 0.487. The lowest BCUT2D eigenvalue weighted by Crippen LogP contribution is -2.33. The predicted molar refractivity (Wildman–Crippen MR) is 128 cm³/mol. The second kappa shape index (κ2) is 9.95. The lowest BCUT2D eigenvalue weighted by molar-refractivity contribution is 0.0986. The Morgan fingerprint density at radius 3 is 2.31 bits per heavy atom. The number of hydrogen-bond donors (Lipinski definition) is 0.